The molecule has 4 aromatic rings. The molecule has 8 heteroatoms. The predicted octanol–water partition coefficient (Wildman–Crippen LogP) is 5.87. The molecule has 0 spiro atoms. The summed E-state index contributed by atoms with van der Waals surface area (Å²) in [4.78, 5) is 66.4. The van der Waals surface area contributed by atoms with Crippen molar-refractivity contribution in [1.82, 2.24) is 0 Å². The number of esters is 2. The van der Waals surface area contributed by atoms with Gasteiger partial charge in [0.2, 0.25) is 11.8 Å². The molecule has 224 valence electrons. The number of hydrogen-bond donors (Lipinski definition) is 0. The molecule has 2 amide bonds. The molecule has 5 atom stereocenters. The minimum Gasteiger partial charge on any atom is -0.454 e. The Kier molecular flexibility index (Phi) is 7.33. The van der Waals surface area contributed by atoms with E-state index in [1.807, 2.05) is 18.2 Å². The summed E-state index contributed by atoms with van der Waals surface area (Å²) in [6, 6.07) is 30.9. The van der Waals surface area contributed by atoms with Gasteiger partial charge >= 0.3 is 11.9 Å². The number of ketones is 1. The van der Waals surface area contributed by atoms with Crippen molar-refractivity contribution in [3.8, 4) is 5.75 Å². The quantitative estimate of drug-likeness (QED) is 0.108. The number of hydrogen-bond acceptors (Lipinski definition) is 7. The van der Waals surface area contributed by atoms with Gasteiger partial charge in [0.1, 0.15) is 5.75 Å². The molecule has 2 aliphatic carbocycles. The van der Waals surface area contributed by atoms with Crippen LogP contribution in [-0.2, 0) is 14.3 Å². The Balaban J connectivity index is 0.985. The number of benzene rings is 4. The van der Waals surface area contributed by atoms with Crippen LogP contribution in [0.1, 0.15) is 55.4 Å². The first-order valence-electron chi connectivity index (χ1n) is 15.0. The maximum Gasteiger partial charge on any atom is 0.343 e. The molecular formula is C37H29NO7. The monoisotopic (exact) mass is 599 g/mol. The van der Waals surface area contributed by atoms with Crippen LogP contribution in [0.15, 0.2) is 109 Å². The van der Waals surface area contributed by atoms with Crippen LogP contribution in [-0.4, -0.2) is 36.1 Å². The van der Waals surface area contributed by atoms with Crippen molar-refractivity contribution < 1.29 is 33.4 Å². The number of nitrogens with zero attached hydrogens (tertiary/aromatic N) is 1. The SMILES string of the molecule is O=C(COC(=O)c1cccc(N2C(=O)[C@@H]3[C@@H]4C[C@H]([C@H]3C2=O)[C@H](c2ccccc2)C4)c1)c1ccc(OC(=O)c2ccccc2)cc1. The van der Waals surface area contributed by atoms with Crippen molar-refractivity contribution in [2.45, 2.75) is 18.8 Å². The van der Waals surface area contributed by atoms with E-state index in [-0.39, 0.29) is 58.3 Å². The van der Waals surface area contributed by atoms with Gasteiger partial charge in [0.15, 0.2) is 12.4 Å². The van der Waals surface area contributed by atoms with Crippen molar-refractivity contribution in [3.05, 3.63) is 131 Å². The second-order valence-electron chi connectivity index (χ2n) is 11.8. The van der Waals surface area contributed by atoms with Gasteiger partial charge in [0, 0.05) is 5.56 Å². The van der Waals surface area contributed by atoms with Gasteiger partial charge in [-0.1, -0.05) is 54.6 Å². The first-order valence-corrected chi connectivity index (χ1v) is 15.0. The van der Waals surface area contributed by atoms with Crippen molar-refractivity contribution in [3.63, 3.8) is 0 Å². The van der Waals surface area contributed by atoms with Crippen molar-refractivity contribution in [1.29, 1.82) is 0 Å². The zero-order chi connectivity index (χ0) is 31.1. The maximum absolute atomic E-state index is 13.7. The molecule has 7 rings (SSSR count). The minimum absolute atomic E-state index is 0.119. The van der Waals surface area contributed by atoms with Crippen LogP contribution < -0.4 is 9.64 Å². The number of ether oxygens (including phenoxy) is 2. The highest BCUT2D eigenvalue weighted by Crippen LogP contribution is 2.61. The van der Waals surface area contributed by atoms with Crippen LogP contribution in [0.4, 0.5) is 5.69 Å². The van der Waals surface area contributed by atoms with Crippen molar-refractivity contribution >= 4 is 35.2 Å². The lowest BCUT2D eigenvalue weighted by molar-refractivity contribution is -0.123. The van der Waals surface area contributed by atoms with E-state index >= 15 is 0 Å². The van der Waals surface area contributed by atoms with Crippen LogP contribution in [0.25, 0.3) is 0 Å². The largest absolute Gasteiger partial charge is 0.454 e. The van der Waals surface area contributed by atoms with Crippen LogP contribution >= 0.6 is 0 Å². The average molecular weight is 600 g/mol. The summed E-state index contributed by atoms with van der Waals surface area (Å²) in [5.74, 6) is -2.00. The van der Waals surface area contributed by atoms with Gasteiger partial charge in [-0.15, -0.1) is 0 Å². The Labute approximate surface area is 259 Å². The predicted molar refractivity (Wildman–Crippen MR) is 164 cm³/mol. The second-order valence-corrected chi connectivity index (χ2v) is 11.8. The third-order valence-electron chi connectivity index (χ3n) is 9.31. The summed E-state index contributed by atoms with van der Waals surface area (Å²) in [5.41, 5.74) is 2.35. The number of carbonyl (C=O) groups excluding carboxylic acids is 5. The molecule has 2 bridgehead atoms. The summed E-state index contributed by atoms with van der Waals surface area (Å²) in [7, 11) is 0. The van der Waals surface area contributed by atoms with E-state index < -0.39 is 24.3 Å². The number of carbonyl (C=O) groups is 5. The van der Waals surface area contributed by atoms with E-state index in [9.17, 15) is 24.0 Å². The van der Waals surface area contributed by atoms with Crippen LogP contribution in [0.3, 0.4) is 0 Å². The fourth-order valence-electron chi connectivity index (χ4n) is 7.32. The molecule has 3 aliphatic rings. The number of fused-ring (bicyclic) bond motifs is 5. The van der Waals surface area contributed by atoms with Crippen LogP contribution in [0.5, 0.6) is 5.75 Å². The summed E-state index contributed by atoms with van der Waals surface area (Å²) in [6.45, 7) is -0.512. The van der Waals surface area contributed by atoms with Crippen LogP contribution in [0, 0.1) is 23.7 Å². The Morgan fingerprint density at radius 1 is 0.667 bits per heavy atom. The van der Waals surface area contributed by atoms with Crippen LogP contribution in [0.2, 0.25) is 0 Å². The highest BCUT2D eigenvalue weighted by Gasteiger charge is 2.64. The van der Waals surface area contributed by atoms with E-state index in [0.717, 1.165) is 12.8 Å². The van der Waals surface area contributed by atoms with E-state index in [4.69, 9.17) is 9.47 Å². The van der Waals surface area contributed by atoms with Gasteiger partial charge in [-0.3, -0.25) is 19.3 Å². The molecule has 1 aliphatic heterocycles. The molecule has 0 unspecified atom stereocenters. The highest BCUT2D eigenvalue weighted by atomic mass is 16.5. The second kappa shape index (κ2) is 11.6. The number of anilines is 1. The lowest BCUT2D eigenvalue weighted by atomic mass is 9.73. The number of rotatable bonds is 8. The lowest BCUT2D eigenvalue weighted by Crippen LogP contribution is -2.33. The summed E-state index contributed by atoms with van der Waals surface area (Å²) in [6.07, 6.45) is 1.77. The molecule has 3 fully saturated rings. The molecule has 0 radical (unpaired) electrons. The molecule has 8 nitrogen and oxygen atoms in total. The summed E-state index contributed by atoms with van der Waals surface area (Å²) < 4.78 is 10.6. The number of imide groups is 1. The van der Waals surface area contributed by atoms with Gasteiger partial charge in [0.25, 0.3) is 0 Å². The van der Waals surface area contributed by atoms with E-state index in [2.05, 4.69) is 12.1 Å². The lowest BCUT2D eigenvalue weighted by Gasteiger charge is -2.28. The fraction of sp³-hybridized carbons (Fsp3) is 0.216. The first kappa shape index (κ1) is 28.4. The highest BCUT2D eigenvalue weighted by molar-refractivity contribution is 6.23. The Hall–Kier alpha value is -5.37. The van der Waals surface area contributed by atoms with Gasteiger partial charge in [-0.05, 0) is 90.8 Å². The van der Waals surface area contributed by atoms with E-state index in [1.165, 1.54) is 46.9 Å². The molecule has 2 saturated carbocycles. The zero-order valence-corrected chi connectivity index (χ0v) is 24.2. The minimum atomic E-state index is -0.748. The van der Waals surface area contributed by atoms with Crippen molar-refractivity contribution in [2.75, 3.05) is 11.5 Å². The smallest absolute Gasteiger partial charge is 0.343 e. The number of amides is 2. The Morgan fingerprint density at radius 2 is 1.33 bits per heavy atom. The molecule has 1 heterocycles. The van der Waals surface area contributed by atoms with Gasteiger partial charge in [0.05, 0.1) is 28.7 Å². The van der Waals surface area contributed by atoms with E-state index in [1.54, 1.807) is 42.5 Å². The van der Waals surface area contributed by atoms with Gasteiger partial charge in [-0.2, -0.15) is 0 Å². The number of Topliss-reactive ketones (excluding diaryl/α,β-unsaturated/α-hetero) is 1. The third kappa shape index (κ3) is 5.22. The standard InChI is InChI=1S/C37H29NO7/c39-31(23-14-16-28(17-15-23)45-37(43)24-10-5-2-6-11-24)21-44-36(42)25-12-7-13-27(18-25)38-34(40)32-26-19-29(22-8-3-1-4-9-22)30(20-26)33(32)35(38)41/h1-18,26,29-30,32-33H,19-21H2/t26-,29-,30-,32+,33+/m0/s1. The molecule has 4 aromatic carbocycles. The first-order chi connectivity index (χ1) is 21.9. The maximum atomic E-state index is 13.7. The molecule has 45 heavy (non-hydrogen) atoms. The summed E-state index contributed by atoms with van der Waals surface area (Å²) >= 11 is 0. The van der Waals surface area contributed by atoms with Gasteiger partial charge < -0.3 is 9.47 Å². The third-order valence-corrected chi connectivity index (χ3v) is 9.31. The Morgan fingerprint density at radius 3 is 2.07 bits per heavy atom. The van der Waals surface area contributed by atoms with Gasteiger partial charge in [-0.25, -0.2) is 9.59 Å². The summed E-state index contributed by atoms with van der Waals surface area (Å²) in [5, 5.41) is 0. The van der Waals surface area contributed by atoms with E-state index in [0.29, 0.717) is 11.3 Å². The average Bonchev–Trinajstić information content (AvgIpc) is 3.75. The molecule has 0 aromatic heterocycles. The Bertz CT molecular complexity index is 1800. The normalized spacial score (nSPS) is 23.1. The fourth-order valence-corrected chi connectivity index (χ4v) is 7.32. The topological polar surface area (TPSA) is 107 Å². The molecular weight excluding hydrogens is 570 g/mol. The molecule has 0 N–H and O–H groups in total. The molecule has 1 saturated heterocycles. The zero-order valence-electron chi connectivity index (χ0n) is 24.2. The van der Waals surface area contributed by atoms with Crippen molar-refractivity contribution in [2.24, 2.45) is 23.7 Å².